The number of aromatic nitrogens is 2. The lowest BCUT2D eigenvalue weighted by Gasteiger charge is -2.18. The third-order valence-electron chi connectivity index (χ3n) is 4.68. The standard InChI is InChI=1S/C22H22ClN3O2/c1-4-20(22(28)24-18-7-5-6-17(23)15(18)3)26-21(27)13-12-19(25-26)16-10-8-14(2)9-11-16/h5-13,20H,4H2,1-3H3,(H,24,28)/t20-/m0/s1. The molecule has 0 aliphatic carbocycles. The topological polar surface area (TPSA) is 64.0 Å². The minimum Gasteiger partial charge on any atom is -0.324 e. The fraction of sp³-hybridized carbons (Fsp3) is 0.227. The second-order valence-electron chi connectivity index (χ2n) is 6.69. The van der Waals surface area contributed by atoms with Crippen LogP contribution in [0.4, 0.5) is 5.69 Å². The highest BCUT2D eigenvalue weighted by molar-refractivity contribution is 6.31. The summed E-state index contributed by atoms with van der Waals surface area (Å²) in [4.78, 5) is 25.3. The van der Waals surface area contributed by atoms with Crippen LogP contribution in [-0.2, 0) is 4.79 Å². The summed E-state index contributed by atoms with van der Waals surface area (Å²) in [6, 6.07) is 15.6. The number of nitrogens with zero attached hydrogens (tertiary/aromatic N) is 2. The van der Waals surface area contributed by atoms with Crippen LogP contribution in [0.1, 0.15) is 30.5 Å². The first-order valence-electron chi connectivity index (χ1n) is 9.13. The minimum atomic E-state index is -0.726. The molecule has 1 heterocycles. The summed E-state index contributed by atoms with van der Waals surface area (Å²) in [7, 11) is 0. The van der Waals surface area contributed by atoms with E-state index < -0.39 is 6.04 Å². The highest BCUT2D eigenvalue weighted by atomic mass is 35.5. The molecule has 1 aromatic heterocycles. The average molecular weight is 396 g/mol. The largest absolute Gasteiger partial charge is 0.324 e. The number of benzene rings is 2. The molecule has 0 saturated heterocycles. The van der Waals surface area contributed by atoms with Crippen LogP contribution >= 0.6 is 11.6 Å². The van der Waals surface area contributed by atoms with Gasteiger partial charge in [-0.2, -0.15) is 5.10 Å². The van der Waals surface area contributed by atoms with Gasteiger partial charge in [0.1, 0.15) is 6.04 Å². The van der Waals surface area contributed by atoms with Gasteiger partial charge in [0.05, 0.1) is 5.69 Å². The van der Waals surface area contributed by atoms with Crippen molar-refractivity contribution in [2.75, 3.05) is 5.32 Å². The normalized spacial score (nSPS) is 11.9. The summed E-state index contributed by atoms with van der Waals surface area (Å²) in [5.41, 5.74) is 3.75. The molecule has 144 valence electrons. The van der Waals surface area contributed by atoms with Crippen LogP contribution in [0.15, 0.2) is 59.4 Å². The predicted octanol–water partition coefficient (Wildman–Crippen LogP) is 4.77. The van der Waals surface area contributed by atoms with Gasteiger partial charge in [0.15, 0.2) is 0 Å². The van der Waals surface area contributed by atoms with E-state index in [1.165, 1.54) is 10.7 Å². The van der Waals surface area contributed by atoms with Gasteiger partial charge in [-0.05, 0) is 44.0 Å². The quantitative estimate of drug-likeness (QED) is 0.676. The van der Waals surface area contributed by atoms with Gasteiger partial charge in [-0.3, -0.25) is 9.59 Å². The summed E-state index contributed by atoms with van der Waals surface area (Å²) in [5.74, 6) is -0.302. The highest BCUT2D eigenvalue weighted by Gasteiger charge is 2.22. The van der Waals surface area contributed by atoms with Crippen LogP contribution in [0.3, 0.4) is 0 Å². The molecule has 0 bridgehead atoms. The fourth-order valence-corrected chi connectivity index (χ4v) is 3.13. The Labute approximate surface area is 169 Å². The number of carbonyl (C=O) groups is 1. The van der Waals surface area contributed by atoms with Crippen molar-refractivity contribution in [3.8, 4) is 11.3 Å². The highest BCUT2D eigenvalue weighted by Crippen LogP contribution is 2.24. The monoisotopic (exact) mass is 395 g/mol. The second kappa shape index (κ2) is 8.40. The molecule has 0 aliphatic rings. The molecule has 28 heavy (non-hydrogen) atoms. The van der Waals surface area contributed by atoms with Gasteiger partial charge in [0.2, 0.25) is 5.91 Å². The van der Waals surface area contributed by atoms with Gasteiger partial charge in [-0.1, -0.05) is 54.4 Å². The zero-order valence-corrected chi connectivity index (χ0v) is 16.8. The molecule has 0 unspecified atom stereocenters. The third kappa shape index (κ3) is 4.15. The molecule has 0 fully saturated rings. The van der Waals surface area contributed by atoms with Crippen molar-refractivity contribution in [3.05, 3.63) is 81.1 Å². The van der Waals surface area contributed by atoms with E-state index in [9.17, 15) is 9.59 Å². The smallest absolute Gasteiger partial charge is 0.267 e. The van der Waals surface area contributed by atoms with Crippen molar-refractivity contribution >= 4 is 23.2 Å². The number of aryl methyl sites for hydroxylation is 1. The van der Waals surface area contributed by atoms with E-state index in [1.807, 2.05) is 45.0 Å². The van der Waals surface area contributed by atoms with Crippen molar-refractivity contribution in [2.24, 2.45) is 0 Å². The summed E-state index contributed by atoms with van der Waals surface area (Å²) in [6.45, 7) is 5.69. The Bertz CT molecular complexity index is 1060. The number of rotatable bonds is 5. The lowest BCUT2D eigenvalue weighted by molar-refractivity contribution is -0.119. The Balaban J connectivity index is 1.94. The molecule has 1 amide bonds. The molecule has 0 saturated carbocycles. The maximum Gasteiger partial charge on any atom is 0.267 e. The van der Waals surface area contributed by atoms with E-state index in [1.54, 1.807) is 24.3 Å². The number of carbonyl (C=O) groups excluding carboxylic acids is 1. The third-order valence-corrected chi connectivity index (χ3v) is 5.09. The van der Waals surface area contributed by atoms with Gasteiger partial charge < -0.3 is 5.32 Å². The van der Waals surface area contributed by atoms with Crippen molar-refractivity contribution < 1.29 is 4.79 Å². The van der Waals surface area contributed by atoms with E-state index >= 15 is 0 Å². The first-order chi connectivity index (χ1) is 13.4. The minimum absolute atomic E-state index is 0.302. The molecular formula is C22H22ClN3O2. The van der Waals surface area contributed by atoms with Gasteiger partial charge in [0, 0.05) is 22.3 Å². The number of hydrogen-bond donors (Lipinski definition) is 1. The van der Waals surface area contributed by atoms with Crippen molar-refractivity contribution in [2.45, 2.75) is 33.2 Å². The summed E-state index contributed by atoms with van der Waals surface area (Å²) < 4.78 is 1.25. The number of anilines is 1. The van der Waals surface area contributed by atoms with E-state index in [0.717, 1.165) is 16.7 Å². The SMILES string of the molecule is CC[C@@H](C(=O)Nc1cccc(Cl)c1C)n1nc(-c2ccc(C)cc2)ccc1=O. The number of hydrogen-bond acceptors (Lipinski definition) is 3. The predicted molar refractivity (Wildman–Crippen MR) is 113 cm³/mol. The Morgan fingerprint density at radius 1 is 1.11 bits per heavy atom. The summed E-state index contributed by atoms with van der Waals surface area (Å²) in [6.07, 6.45) is 0.426. The average Bonchev–Trinajstić information content (AvgIpc) is 2.68. The van der Waals surface area contributed by atoms with Crippen LogP contribution in [0.5, 0.6) is 0 Å². The summed E-state index contributed by atoms with van der Waals surface area (Å²) >= 11 is 6.13. The molecule has 0 spiro atoms. The van der Waals surface area contributed by atoms with E-state index in [2.05, 4.69) is 10.4 Å². The molecule has 2 aromatic carbocycles. The van der Waals surface area contributed by atoms with Crippen molar-refractivity contribution in [3.63, 3.8) is 0 Å². The van der Waals surface area contributed by atoms with Crippen molar-refractivity contribution in [1.29, 1.82) is 0 Å². The molecule has 1 atom stereocenters. The Hall–Kier alpha value is -2.92. The molecule has 3 aromatic rings. The molecular weight excluding hydrogens is 374 g/mol. The molecule has 0 radical (unpaired) electrons. The first-order valence-corrected chi connectivity index (χ1v) is 9.51. The zero-order valence-electron chi connectivity index (χ0n) is 16.1. The van der Waals surface area contributed by atoms with Gasteiger partial charge >= 0.3 is 0 Å². The van der Waals surface area contributed by atoms with Crippen LogP contribution < -0.4 is 10.9 Å². The maximum absolute atomic E-state index is 12.9. The molecule has 5 nitrogen and oxygen atoms in total. The van der Waals surface area contributed by atoms with Crippen LogP contribution in [0.2, 0.25) is 5.02 Å². The summed E-state index contributed by atoms with van der Waals surface area (Å²) in [5, 5.41) is 7.91. The van der Waals surface area contributed by atoms with E-state index in [0.29, 0.717) is 22.8 Å². The van der Waals surface area contributed by atoms with Crippen LogP contribution in [0, 0.1) is 13.8 Å². The second-order valence-corrected chi connectivity index (χ2v) is 7.10. The molecule has 1 N–H and O–H groups in total. The number of nitrogens with one attached hydrogen (secondary N) is 1. The maximum atomic E-state index is 12.9. The number of amides is 1. The molecule has 0 aliphatic heterocycles. The number of halogens is 1. The zero-order chi connectivity index (χ0) is 20.3. The molecule has 6 heteroatoms. The molecule has 3 rings (SSSR count). The fourth-order valence-electron chi connectivity index (χ4n) is 2.96. The van der Waals surface area contributed by atoms with E-state index in [4.69, 9.17) is 11.6 Å². The van der Waals surface area contributed by atoms with Gasteiger partial charge in [-0.25, -0.2) is 4.68 Å². The Kier molecular flexibility index (Phi) is 5.95. The van der Waals surface area contributed by atoms with Crippen LogP contribution in [0.25, 0.3) is 11.3 Å². The first kappa shape index (κ1) is 19.8. The lowest BCUT2D eigenvalue weighted by Crippen LogP contribution is -2.34. The van der Waals surface area contributed by atoms with Crippen LogP contribution in [-0.4, -0.2) is 15.7 Å². The Morgan fingerprint density at radius 2 is 1.82 bits per heavy atom. The Morgan fingerprint density at radius 3 is 2.50 bits per heavy atom. The van der Waals surface area contributed by atoms with Crippen molar-refractivity contribution in [1.82, 2.24) is 9.78 Å². The lowest BCUT2D eigenvalue weighted by atomic mass is 10.1. The van der Waals surface area contributed by atoms with Gasteiger partial charge in [0.25, 0.3) is 5.56 Å². The van der Waals surface area contributed by atoms with Gasteiger partial charge in [-0.15, -0.1) is 0 Å². The van der Waals surface area contributed by atoms with E-state index in [-0.39, 0.29) is 11.5 Å².